The number of nitrogens with one attached hydrogen (secondary N) is 1. The molecule has 2 unspecified atom stereocenters. The first-order chi connectivity index (χ1) is 10.3. The second-order valence-corrected chi connectivity index (χ2v) is 7.32. The Balaban J connectivity index is 1.71. The van der Waals surface area contributed by atoms with Crippen LogP contribution in [-0.2, 0) is 11.2 Å². The molecular formula is C16H24N2O2S. The van der Waals surface area contributed by atoms with Gasteiger partial charge in [-0.25, -0.2) is 0 Å². The molecule has 0 radical (unpaired) electrons. The number of amides is 1. The predicted molar refractivity (Wildman–Crippen MR) is 85.5 cm³/mol. The number of hydrogen-bond acceptors (Lipinski definition) is 4. The van der Waals surface area contributed by atoms with Crippen molar-refractivity contribution in [1.82, 2.24) is 10.2 Å². The Bertz CT molecular complexity index is 480. The normalized spacial score (nSPS) is 27.1. The number of nitrogens with zero attached hydrogens (tertiary/aromatic N) is 1. The van der Waals surface area contributed by atoms with Crippen molar-refractivity contribution in [3.8, 4) is 0 Å². The molecule has 21 heavy (non-hydrogen) atoms. The fourth-order valence-electron chi connectivity index (χ4n) is 3.28. The van der Waals surface area contributed by atoms with Crippen LogP contribution in [0, 0.1) is 0 Å². The zero-order chi connectivity index (χ0) is 14.7. The third-order valence-corrected chi connectivity index (χ3v) is 5.87. The van der Waals surface area contributed by atoms with Crippen molar-refractivity contribution >= 4 is 17.7 Å². The van der Waals surface area contributed by atoms with Crippen LogP contribution in [0.1, 0.15) is 43.0 Å². The summed E-state index contributed by atoms with van der Waals surface area (Å²) in [7, 11) is 1.83. The van der Waals surface area contributed by atoms with Crippen LogP contribution in [0.25, 0.3) is 0 Å². The van der Waals surface area contributed by atoms with Gasteiger partial charge in [0.1, 0.15) is 11.8 Å². The lowest BCUT2D eigenvalue weighted by Gasteiger charge is -2.27. The van der Waals surface area contributed by atoms with Gasteiger partial charge in [-0.2, -0.15) is 11.8 Å². The fraction of sp³-hybridized carbons (Fsp3) is 0.688. The minimum Gasteiger partial charge on any atom is -0.467 e. The van der Waals surface area contributed by atoms with Crippen LogP contribution < -0.4 is 5.32 Å². The third kappa shape index (κ3) is 3.29. The number of rotatable bonds is 3. The topological polar surface area (TPSA) is 45.5 Å². The van der Waals surface area contributed by atoms with Crippen LogP contribution in [0.2, 0.25) is 0 Å². The summed E-state index contributed by atoms with van der Waals surface area (Å²) in [5, 5.41) is 3.72. The summed E-state index contributed by atoms with van der Waals surface area (Å²) < 4.78 is 5.55. The van der Waals surface area contributed by atoms with E-state index in [4.69, 9.17) is 4.42 Å². The summed E-state index contributed by atoms with van der Waals surface area (Å²) in [5.41, 5.74) is 1.17. The molecule has 1 N–H and O–H groups in total. The van der Waals surface area contributed by atoms with Gasteiger partial charge in [0.15, 0.2) is 0 Å². The Kier molecular flexibility index (Phi) is 4.91. The molecule has 4 nitrogen and oxygen atoms in total. The van der Waals surface area contributed by atoms with E-state index in [0.717, 1.165) is 25.3 Å². The summed E-state index contributed by atoms with van der Waals surface area (Å²) in [6, 6.07) is 1.67. The van der Waals surface area contributed by atoms with Gasteiger partial charge in [-0.05, 0) is 43.7 Å². The average molecular weight is 308 g/mol. The number of hydrogen-bond donors (Lipinski definition) is 1. The monoisotopic (exact) mass is 308 g/mol. The van der Waals surface area contributed by atoms with Gasteiger partial charge >= 0.3 is 0 Å². The van der Waals surface area contributed by atoms with E-state index in [-0.39, 0.29) is 11.9 Å². The fourth-order valence-corrected chi connectivity index (χ4v) is 4.60. The van der Waals surface area contributed by atoms with Crippen LogP contribution in [0.4, 0.5) is 0 Å². The van der Waals surface area contributed by atoms with Crippen LogP contribution in [-0.4, -0.2) is 41.9 Å². The number of likely N-dealkylation sites (N-methyl/N-ethyl adjacent to an activating group) is 1. The maximum Gasteiger partial charge on any atom is 0.247 e. The van der Waals surface area contributed by atoms with E-state index in [2.05, 4.69) is 5.32 Å². The molecule has 1 saturated heterocycles. The van der Waals surface area contributed by atoms with E-state index in [9.17, 15) is 4.79 Å². The van der Waals surface area contributed by atoms with Crippen molar-refractivity contribution < 1.29 is 9.21 Å². The maximum atomic E-state index is 12.8. The van der Waals surface area contributed by atoms with Crippen molar-refractivity contribution in [3.05, 3.63) is 23.7 Å². The Morgan fingerprint density at radius 1 is 1.43 bits per heavy atom. The largest absolute Gasteiger partial charge is 0.467 e. The highest BCUT2D eigenvalue weighted by Crippen LogP contribution is 2.29. The molecule has 1 fully saturated rings. The Morgan fingerprint density at radius 2 is 2.33 bits per heavy atom. The molecule has 0 saturated carbocycles. The molecule has 0 aliphatic carbocycles. The minimum atomic E-state index is -0.326. The van der Waals surface area contributed by atoms with Gasteiger partial charge in [-0.3, -0.25) is 4.79 Å². The summed E-state index contributed by atoms with van der Waals surface area (Å²) >= 11 is 2.04. The summed E-state index contributed by atoms with van der Waals surface area (Å²) in [5.74, 6) is 2.21. The van der Waals surface area contributed by atoms with Crippen LogP contribution in [0.5, 0.6) is 0 Å². The number of carbonyl (C=O) groups excluding carboxylic acids is 1. The molecular weight excluding hydrogens is 284 g/mol. The van der Waals surface area contributed by atoms with Gasteiger partial charge in [0.2, 0.25) is 5.91 Å². The standard InChI is InChI=1S/C16H24N2O2S/c1-17-14-15-12(7-9-20-15)6-8-18(16(14)19)11-13-5-3-2-4-10-21-13/h7,9,13-14,17H,2-6,8,10-11H2,1H3. The highest BCUT2D eigenvalue weighted by molar-refractivity contribution is 7.99. The van der Waals surface area contributed by atoms with Crippen LogP contribution in [0.3, 0.4) is 0 Å². The lowest BCUT2D eigenvalue weighted by Crippen LogP contribution is -2.42. The molecule has 2 aliphatic rings. The summed E-state index contributed by atoms with van der Waals surface area (Å²) in [6.45, 7) is 1.69. The van der Waals surface area contributed by atoms with E-state index in [1.54, 1.807) is 6.26 Å². The molecule has 1 amide bonds. The van der Waals surface area contributed by atoms with Crippen molar-refractivity contribution in [2.45, 2.75) is 43.4 Å². The summed E-state index contributed by atoms with van der Waals surface area (Å²) in [4.78, 5) is 14.8. The Labute approximate surface area is 130 Å². The van der Waals surface area contributed by atoms with Crippen molar-refractivity contribution in [2.75, 3.05) is 25.9 Å². The van der Waals surface area contributed by atoms with Gasteiger partial charge in [0, 0.05) is 18.3 Å². The highest BCUT2D eigenvalue weighted by atomic mass is 32.2. The molecule has 3 rings (SSSR count). The van der Waals surface area contributed by atoms with E-state index >= 15 is 0 Å². The first kappa shape index (κ1) is 15.0. The molecule has 1 aromatic rings. The SMILES string of the molecule is CNC1C(=O)N(CC2CCCCCS2)CCc2ccoc21. The molecule has 1 aromatic heterocycles. The predicted octanol–water partition coefficient (Wildman–Crippen LogP) is 2.60. The van der Waals surface area contributed by atoms with Crippen LogP contribution in [0.15, 0.2) is 16.7 Å². The Hall–Kier alpha value is -0.940. The smallest absolute Gasteiger partial charge is 0.247 e. The number of fused-ring (bicyclic) bond motifs is 1. The van der Waals surface area contributed by atoms with Gasteiger partial charge in [0.25, 0.3) is 0 Å². The molecule has 2 aliphatic heterocycles. The van der Waals surface area contributed by atoms with Crippen molar-refractivity contribution in [3.63, 3.8) is 0 Å². The van der Waals surface area contributed by atoms with Gasteiger partial charge in [-0.1, -0.05) is 12.8 Å². The van der Waals surface area contributed by atoms with E-state index in [1.807, 2.05) is 29.8 Å². The first-order valence-corrected chi connectivity index (χ1v) is 8.98. The molecule has 0 aromatic carbocycles. The van der Waals surface area contributed by atoms with E-state index < -0.39 is 0 Å². The van der Waals surface area contributed by atoms with Crippen LogP contribution >= 0.6 is 11.8 Å². The summed E-state index contributed by atoms with van der Waals surface area (Å²) in [6.07, 6.45) is 7.79. The second-order valence-electron chi connectivity index (χ2n) is 5.91. The molecule has 3 heterocycles. The van der Waals surface area contributed by atoms with Crippen molar-refractivity contribution in [1.29, 1.82) is 0 Å². The molecule has 5 heteroatoms. The average Bonchev–Trinajstić information content (AvgIpc) is 2.73. The second kappa shape index (κ2) is 6.88. The zero-order valence-electron chi connectivity index (χ0n) is 12.6. The molecule has 0 bridgehead atoms. The van der Waals surface area contributed by atoms with Gasteiger partial charge in [-0.15, -0.1) is 0 Å². The minimum absolute atomic E-state index is 0.163. The maximum absolute atomic E-state index is 12.8. The van der Waals surface area contributed by atoms with E-state index in [1.165, 1.54) is 37.0 Å². The molecule has 0 spiro atoms. The zero-order valence-corrected chi connectivity index (χ0v) is 13.5. The number of furan rings is 1. The first-order valence-electron chi connectivity index (χ1n) is 7.93. The van der Waals surface area contributed by atoms with Crippen molar-refractivity contribution in [2.24, 2.45) is 0 Å². The molecule has 116 valence electrons. The quantitative estimate of drug-likeness (QED) is 0.932. The number of carbonyl (C=O) groups is 1. The number of thioether (sulfide) groups is 1. The third-order valence-electron chi connectivity index (χ3n) is 4.49. The van der Waals surface area contributed by atoms with Gasteiger partial charge < -0.3 is 14.6 Å². The highest BCUT2D eigenvalue weighted by Gasteiger charge is 2.33. The molecule has 2 atom stereocenters. The van der Waals surface area contributed by atoms with E-state index in [0.29, 0.717) is 5.25 Å². The Morgan fingerprint density at radius 3 is 3.19 bits per heavy atom. The van der Waals surface area contributed by atoms with Gasteiger partial charge in [0.05, 0.1) is 6.26 Å². The lowest BCUT2D eigenvalue weighted by atomic mass is 10.1. The lowest BCUT2D eigenvalue weighted by molar-refractivity contribution is -0.133.